The molecule has 0 aromatic heterocycles. The van der Waals surface area contributed by atoms with Gasteiger partial charge in [0.05, 0.1) is 6.61 Å². The Morgan fingerprint density at radius 3 is 2.45 bits per heavy atom. The first-order valence-corrected chi connectivity index (χ1v) is 3.73. The van der Waals surface area contributed by atoms with Crippen LogP contribution in [0.4, 0.5) is 0 Å². The number of hydrogen-bond donors (Lipinski definition) is 1. The second-order valence-corrected chi connectivity index (χ2v) is 3.08. The van der Waals surface area contributed by atoms with Gasteiger partial charge in [-0.2, -0.15) is 0 Å². The van der Waals surface area contributed by atoms with Crippen LogP contribution in [0.3, 0.4) is 0 Å². The summed E-state index contributed by atoms with van der Waals surface area (Å²) in [5.74, 6) is 0. The number of aliphatic hydroxyl groups is 1. The number of rotatable bonds is 1. The van der Waals surface area contributed by atoms with Crippen LogP contribution in [0.2, 0.25) is 0 Å². The smallest absolute Gasteiger partial charge is 0.0599 e. The number of aliphatic hydroxyl groups excluding tert-OH is 1. The van der Waals surface area contributed by atoms with Crippen LogP contribution in [0.15, 0.2) is 0 Å². The largest absolute Gasteiger partial charge is 0.395 e. The monoisotopic (exact) mass is 233 g/mol. The van der Waals surface area contributed by atoms with E-state index in [9.17, 15) is 0 Å². The second kappa shape index (κ2) is 5.60. The van der Waals surface area contributed by atoms with Gasteiger partial charge in [0.25, 0.3) is 0 Å². The van der Waals surface area contributed by atoms with Gasteiger partial charge in [0.2, 0.25) is 0 Å². The van der Waals surface area contributed by atoms with Gasteiger partial charge in [0.15, 0.2) is 0 Å². The van der Waals surface area contributed by atoms with Crippen molar-refractivity contribution in [2.75, 3.05) is 40.3 Å². The number of hydrogen-bond acceptors (Lipinski definition) is 3. The molecule has 1 N–H and O–H groups in total. The van der Waals surface area contributed by atoms with Crippen molar-refractivity contribution in [3.8, 4) is 0 Å². The molecule has 1 aliphatic heterocycles. The maximum Gasteiger partial charge on any atom is 0.0599 e. The molecule has 1 radical (unpaired) electrons. The molecular formula is C7H16N2OY. The third kappa shape index (κ3) is 3.47. The van der Waals surface area contributed by atoms with Crippen LogP contribution in [-0.2, 0) is 32.7 Å². The molecule has 0 aliphatic carbocycles. The standard InChI is InChI=1S/C7H16N2O.Y/c1-8-3-4-9(2)7(5-8)6-10;/h7,10H,3-6H2,1-2H3;. The van der Waals surface area contributed by atoms with E-state index in [2.05, 4.69) is 23.9 Å². The fraction of sp³-hybridized carbons (Fsp3) is 1.00. The van der Waals surface area contributed by atoms with Crippen LogP contribution in [0.5, 0.6) is 0 Å². The predicted octanol–water partition coefficient (Wildman–Crippen LogP) is -0.778. The van der Waals surface area contributed by atoms with Gasteiger partial charge in [-0.05, 0) is 14.1 Å². The van der Waals surface area contributed by atoms with Crippen molar-refractivity contribution in [2.24, 2.45) is 0 Å². The molecule has 0 bridgehead atoms. The van der Waals surface area contributed by atoms with Gasteiger partial charge in [0, 0.05) is 58.4 Å². The van der Waals surface area contributed by atoms with E-state index in [1.165, 1.54) is 0 Å². The van der Waals surface area contributed by atoms with Gasteiger partial charge in [-0.3, -0.25) is 4.90 Å². The van der Waals surface area contributed by atoms with Crippen LogP contribution in [0.1, 0.15) is 0 Å². The predicted molar refractivity (Wildman–Crippen MR) is 41.0 cm³/mol. The van der Waals surface area contributed by atoms with Crippen LogP contribution >= 0.6 is 0 Å². The molecule has 1 heterocycles. The van der Waals surface area contributed by atoms with Crippen molar-refractivity contribution in [3.63, 3.8) is 0 Å². The van der Waals surface area contributed by atoms with Crippen LogP contribution in [-0.4, -0.2) is 61.3 Å². The summed E-state index contributed by atoms with van der Waals surface area (Å²) >= 11 is 0. The van der Waals surface area contributed by atoms with E-state index in [1.54, 1.807) is 0 Å². The van der Waals surface area contributed by atoms with E-state index in [0.29, 0.717) is 6.04 Å². The first kappa shape index (κ1) is 12.0. The van der Waals surface area contributed by atoms with E-state index >= 15 is 0 Å². The Hall–Kier alpha value is 0.984. The molecule has 1 saturated heterocycles. The zero-order valence-corrected chi connectivity index (χ0v) is 10.2. The summed E-state index contributed by atoms with van der Waals surface area (Å²) < 4.78 is 0. The third-order valence-corrected chi connectivity index (χ3v) is 2.19. The Balaban J connectivity index is 0.000001000. The van der Waals surface area contributed by atoms with Gasteiger partial charge >= 0.3 is 0 Å². The van der Waals surface area contributed by atoms with Crippen LogP contribution in [0.25, 0.3) is 0 Å². The Bertz CT molecular complexity index is 113. The van der Waals surface area contributed by atoms with Crippen LogP contribution < -0.4 is 0 Å². The van der Waals surface area contributed by atoms with Gasteiger partial charge in [-0.1, -0.05) is 0 Å². The SMILES string of the molecule is CN1CCN(C)C(CO)C1.[Y]. The van der Waals surface area contributed by atoms with E-state index in [4.69, 9.17) is 5.11 Å². The molecule has 63 valence electrons. The number of likely N-dealkylation sites (N-methyl/N-ethyl adjacent to an activating group) is 2. The van der Waals surface area contributed by atoms with E-state index in [0.717, 1.165) is 19.6 Å². The Morgan fingerprint density at radius 1 is 1.36 bits per heavy atom. The number of nitrogens with zero attached hydrogens (tertiary/aromatic N) is 2. The van der Waals surface area contributed by atoms with E-state index in [-0.39, 0.29) is 39.3 Å². The maximum atomic E-state index is 8.91. The summed E-state index contributed by atoms with van der Waals surface area (Å²) in [5.41, 5.74) is 0. The molecule has 1 aliphatic rings. The Kier molecular flexibility index (Phi) is 6.10. The van der Waals surface area contributed by atoms with Crippen molar-refractivity contribution in [1.82, 2.24) is 9.80 Å². The van der Waals surface area contributed by atoms with Crippen molar-refractivity contribution < 1.29 is 37.8 Å². The minimum Gasteiger partial charge on any atom is -0.395 e. The molecule has 0 amide bonds. The first-order valence-electron chi connectivity index (χ1n) is 3.73. The number of piperazine rings is 1. The van der Waals surface area contributed by atoms with Crippen molar-refractivity contribution in [2.45, 2.75) is 6.04 Å². The van der Waals surface area contributed by atoms with Gasteiger partial charge in [-0.25, -0.2) is 0 Å². The van der Waals surface area contributed by atoms with Gasteiger partial charge < -0.3 is 10.0 Å². The zero-order chi connectivity index (χ0) is 7.56. The van der Waals surface area contributed by atoms with E-state index < -0.39 is 0 Å². The van der Waals surface area contributed by atoms with Crippen molar-refractivity contribution >= 4 is 0 Å². The molecular weight excluding hydrogens is 217 g/mol. The summed E-state index contributed by atoms with van der Waals surface area (Å²) in [4.78, 5) is 4.46. The van der Waals surface area contributed by atoms with E-state index in [1.807, 2.05) is 0 Å². The summed E-state index contributed by atoms with van der Waals surface area (Å²) in [6, 6.07) is 0.346. The van der Waals surface area contributed by atoms with Crippen molar-refractivity contribution in [3.05, 3.63) is 0 Å². The second-order valence-electron chi connectivity index (χ2n) is 3.08. The minimum atomic E-state index is 0. The molecule has 1 unspecified atom stereocenters. The first-order chi connectivity index (χ1) is 4.74. The molecule has 0 saturated carbocycles. The average molecular weight is 233 g/mol. The molecule has 4 heteroatoms. The molecule has 1 fully saturated rings. The Labute approximate surface area is 93.6 Å². The van der Waals surface area contributed by atoms with Crippen molar-refractivity contribution in [1.29, 1.82) is 0 Å². The summed E-state index contributed by atoms with van der Waals surface area (Å²) in [7, 11) is 4.16. The molecule has 1 atom stereocenters. The molecule has 0 spiro atoms. The third-order valence-electron chi connectivity index (χ3n) is 2.19. The molecule has 0 aromatic carbocycles. The Morgan fingerprint density at radius 2 is 2.00 bits per heavy atom. The molecule has 1 rings (SSSR count). The summed E-state index contributed by atoms with van der Waals surface area (Å²) in [5, 5.41) is 8.91. The maximum absolute atomic E-state index is 8.91. The summed E-state index contributed by atoms with van der Waals surface area (Å²) in [6.45, 7) is 3.46. The quantitative estimate of drug-likeness (QED) is 0.643. The molecule has 0 aromatic rings. The van der Waals surface area contributed by atoms with Crippen LogP contribution in [0, 0.1) is 0 Å². The summed E-state index contributed by atoms with van der Waals surface area (Å²) in [6.07, 6.45) is 0. The van der Waals surface area contributed by atoms with Gasteiger partial charge in [-0.15, -0.1) is 0 Å². The normalized spacial score (nSPS) is 28.1. The fourth-order valence-corrected chi connectivity index (χ4v) is 1.30. The fourth-order valence-electron chi connectivity index (χ4n) is 1.30. The average Bonchev–Trinajstić information content (AvgIpc) is 1.94. The minimum absolute atomic E-state index is 0. The topological polar surface area (TPSA) is 26.7 Å². The van der Waals surface area contributed by atoms with Gasteiger partial charge in [0.1, 0.15) is 0 Å². The molecule has 11 heavy (non-hydrogen) atoms. The zero-order valence-electron chi connectivity index (χ0n) is 7.32. The molecule has 3 nitrogen and oxygen atoms in total.